The van der Waals surface area contributed by atoms with Gasteiger partial charge >= 0.3 is 0 Å². The molecule has 0 aromatic heterocycles. The lowest BCUT2D eigenvalue weighted by atomic mass is 9.98. The Bertz CT molecular complexity index is 137. The number of alkyl halides is 1. The topological polar surface area (TPSA) is 9.23 Å². The Kier molecular flexibility index (Phi) is 1.65. The van der Waals surface area contributed by atoms with Crippen molar-refractivity contribution in [3.8, 4) is 0 Å². The van der Waals surface area contributed by atoms with Gasteiger partial charge in [-0.1, -0.05) is 0 Å². The largest absolute Gasteiger partial charge is 0.381 e. The molecule has 0 amide bonds. The molecule has 0 aromatic rings. The number of halogens is 1. The average Bonchev–Trinajstić information content (AvgIpc) is 2.62. The molecule has 0 bridgehead atoms. The van der Waals surface area contributed by atoms with Crippen LogP contribution < -0.4 is 0 Å². The fraction of sp³-hybridized carbons (Fsp3) is 1.00. The summed E-state index contributed by atoms with van der Waals surface area (Å²) in [7, 11) is 1.80. The summed E-state index contributed by atoms with van der Waals surface area (Å²) in [5.74, 6) is 1.63. The molecule has 2 heteroatoms. The minimum absolute atomic E-state index is 0.486. The average molecular weight is 161 g/mol. The predicted octanol–water partition coefficient (Wildman–Crippen LogP) is 2.04. The zero-order chi connectivity index (χ0) is 7.14. The van der Waals surface area contributed by atoms with Gasteiger partial charge in [0.25, 0.3) is 0 Å². The molecule has 2 fully saturated rings. The summed E-state index contributed by atoms with van der Waals surface area (Å²) in [6.07, 6.45) is 4.22. The fourth-order valence-electron chi connectivity index (χ4n) is 2.09. The van der Waals surface area contributed by atoms with Crippen molar-refractivity contribution in [2.75, 3.05) is 7.11 Å². The van der Waals surface area contributed by atoms with E-state index in [1.165, 1.54) is 19.3 Å². The molecule has 2 aliphatic rings. The summed E-state index contributed by atoms with van der Waals surface area (Å²) in [6.45, 7) is 0. The second-order valence-corrected chi connectivity index (χ2v) is 3.95. The molecule has 2 aliphatic carbocycles. The van der Waals surface area contributed by atoms with E-state index in [4.69, 9.17) is 16.3 Å². The van der Waals surface area contributed by atoms with Gasteiger partial charge in [-0.25, -0.2) is 0 Å². The van der Waals surface area contributed by atoms with E-state index in [2.05, 4.69) is 0 Å². The van der Waals surface area contributed by atoms with E-state index < -0.39 is 0 Å². The van der Waals surface area contributed by atoms with Crippen molar-refractivity contribution >= 4 is 11.6 Å². The fourth-order valence-corrected chi connectivity index (χ4v) is 2.61. The lowest BCUT2D eigenvalue weighted by molar-refractivity contribution is 0.0674. The van der Waals surface area contributed by atoms with Crippen molar-refractivity contribution in [3.63, 3.8) is 0 Å². The van der Waals surface area contributed by atoms with Crippen molar-refractivity contribution in [1.82, 2.24) is 0 Å². The lowest BCUT2D eigenvalue weighted by Gasteiger charge is -2.18. The number of hydrogen-bond donors (Lipinski definition) is 0. The Hall–Kier alpha value is 0.250. The maximum Gasteiger partial charge on any atom is 0.0574 e. The molecule has 2 rings (SSSR count). The highest BCUT2D eigenvalue weighted by molar-refractivity contribution is 6.23. The Morgan fingerprint density at radius 1 is 1.30 bits per heavy atom. The van der Waals surface area contributed by atoms with Crippen LogP contribution in [0.3, 0.4) is 0 Å². The molecule has 1 nitrogen and oxygen atoms in total. The summed E-state index contributed by atoms with van der Waals surface area (Å²) in [6, 6.07) is 0. The van der Waals surface area contributed by atoms with Crippen molar-refractivity contribution in [3.05, 3.63) is 0 Å². The Morgan fingerprint density at radius 2 is 2.10 bits per heavy atom. The maximum atomic E-state index is 6.02. The van der Waals surface area contributed by atoms with Crippen LogP contribution in [0.4, 0.5) is 0 Å². The number of ether oxygens (including phenoxy) is 1. The Morgan fingerprint density at radius 3 is 2.70 bits per heavy atom. The highest BCUT2D eigenvalue weighted by atomic mass is 35.5. The van der Waals surface area contributed by atoms with Crippen molar-refractivity contribution in [2.45, 2.75) is 30.7 Å². The predicted molar refractivity (Wildman–Crippen MR) is 41.3 cm³/mol. The standard InChI is InChI=1S/C8H13ClO/c1-10-5-2-3-6-7(4-5)8(6)9/h5-8H,2-4H2,1H3/t5-,6+,7-,8-/m1/s1. The molecule has 0 N–H and O–H groups in total. The molecule has 58 valence electrons. The maximum absolute atomic E-state index is 6.02. The third-order valence-corrected chi connectivity index (χ3v) is 3.56. The lowest BCUT2D eigenvalue weighted by Crippen LogP contribution is -2.15. The van der Waals surface area contributed by atoms with E-state index in [1.807, 2.05) is 0 Å². The summed E-state index contributed by atoms with van der Waals surface area (Å²) < 4.78 is 5.28. The van der Waals surface area contributed by atoms with Gasteiger partial charge in [0.15, 0.2) is 0 Å². The molecule has 2 saturated carbocycles. The van der Waals surface area contributed by atoms with Gasteiger partial charge in [0.1, 0.15) is 0 Å². The molecule has 10 heavy (non-hydrogen) atoms. The molecule has 0 saturated heterocycles. The quantitative estimate of drug-likeness (QED) is 0.534. The Balaban J connectivity index is 1.89. The first kappa shape index (κ1) is 6.93. The number of fused-ring (bicyclic) bond motifs is 1. The van der Waals surface area contributed by atoms with Gasteiger partial charge in [0, 0.05) is 12.5 Å². The van der Waals surface area contributed by atoms with E-state index in [0.29, 0.717) is 11.5 Å². The van der Waals surface area contributed by atoms with Crippen LogP contribution in [0.25, 0.3) is 0 Å². The SMILES string of the molecule is CO[C@@H]1CC[C@@H]2[C@@H](Cl)[C@@H]2C1. The summed E-state index contributed by atoms with van der Waals surface area (Å²) in [5, 5.41) is 0.486. The van der Waals surface area contributed by atoms with Gasteiger partial charge in [-0.3, -0.25) is 0 Å². The minimum Gasteiger partial charge on any atom is -0.381 e. The molecule has 0 unspecified atom stereocenters. The van der Waals surface area contributed by atoms with Crippen LogP contribution in [-0.2, 0) is 4.74 Å². The van der Waals surface area contributed by atoms with E-state index in [-0.39, 0.29) is 0 Å². The summed E-state index contributed by atoms with van der Waals surface area (Å²) in [5.41, 5.74) is 0. The Labute approximate surface area is 66.7 Å². The van der Waals surface area contributed by atoms with Gasteiger partial charge < -0.3 is 4.74 Å². The molecule has 0 heterocycles. The molecule has 0 spiro atoms. The smallest absolute Gasteiger partial charge is 0.0574 e. The minimum atomic E-state index is 0.486. The van der Waals surface area contributed by atoms with Gasteiger partial charge in [-0.05, 0) is 31.1 Å². The first-order valence-corrected chi connectivity index (χ1v) is 4.43. The zero-order valence-corrected chi connectivity index (χ0v) is 6.97. The highest BCUT2D eigenvalue weighted by Crippen LogP contribution is 2.53. The monoisotopic (exact) mass is 160 g/mol. The molecule has 4 atom stereocenters. The summed E-state index contributed by atoms with van der Waals surface area (Å²) in [4.78, 5) is 0. The van der Waals surface area contributed by atoms with Gasteiger partial charge in [-0.15, -0.1) is 11.6 Å². The van der Waals surface area contributed by atoms with E-state index in [9.17, 15) is 0 Å². The molecule has 0 aromatic carbocycles. The summed E-state index contributed by atoms with van der Waals surface area (Å²) >= 11 is 6.02. The first-order valence-electron chi connectivity index (χ1n) is 4.00. The molecular weight excluding hydrogens is 148 g/mol. The van der Waals surface area contributed by atoms with Crippen molar-refractivity contribution in [2.24, 2.45) is 11.8 Å². The second kappa shape index (κ2) is 2.38. The third kappa shape index (κ3) is 0.960. The van der Waals surface area contributed by atoms with Crippen LogP contribution in [0.5, 0.6) is 0 Å². The van der Waals surface area contributed by atoms with Crippen LogP contribution in [-0.4, -0.2) is 18.6 Å². The van der Waals surface area contributed by atoms with Crippen molar-refractivity contribution in [1.29, 1.82) is 0 Å². The van der Waals surface area contributed by atoms with Crippen LogP contribution in [0.1, 0.15) is 19.3 Å². The van der Waals surface area contributed by atoms with Gasteiger partial charge in [0.2, 0.25) is 0 Å². The van der Waals surface area contributed by atoms with E-state index in [0.717, 1.165) is 11.8 Å². The van der Waals surface area contributed by atoms with Gasteiger partial charge in [-0.2, -0.15) is 0 Å². The molecule has 0 aliphatic heterocycles. The van der Waals surface area contributed by atoms with Crippen LogP contribution in [0.2, 0.25) is 0 Å². The van der Waals surface area contributed by atoms with E-state index in [1.54, 1.807) is 7.11 Å². The molecule has 0 radical (unpaired) electrons. The van der Waals surface area contributed by atoms with Crippen molar-refractivity contribution < 1.29 is 4.74 Å². The highest BCUT2D eigenvalue weighted by Gasteiger charge is 2.51. The van der Waals surface area contributed by atoms with Crippen LogP contribution in [0.15, 0.2) is 0 Å². The number of rotatable bonds is 1. The number of hydrogen-bond acceptors (Lipinski definition) is 1. The van der Waals surface area contributed by atoms with Gasteiger partial charge in [0.05, 0.1) is 6.10 Å². The normalized spacial score (nSPS) is 52.2. The van der Waals surface area contributed by atoms with Crippen LogP contribution in [0, 0.1) is 11.8 Å². The van der Waals surface area contributed by atoms with E-state index >= 15 is 0 Å². The third-order valence-electron chi connectivity index (χ3n) is 2.92. The number of methoxy groups -OCH3 is 1. The molecular formula is C8H13ClO. The second-order valence-electron chi connectivity index (χ2n) is 3.44. The first-order chi connectivity index (χ1) is 4.83. The zero-order valence-electron chi connectivity index (χ0n) is 6.22. The van der Waals surface area contributed by atoms with Crippen LogP contribution >= 0.6 is 11.6 Å².